The first kappa shape index (κ1) is 19.6. The normalized spacial score (nSPS) is 12.0. The van der Waals surface area contributed by atoms with Gasteiger partial charge in [0.25, 0.3) is 0 Å². The van der Waals surface area contributed by atoms with E-state index >= 15 is 0 Å². The van der Waals surface area contributed by atoms with Crippen LogP contribution < -0.4 is 15.4 Å². The number of hydrogen-bond donors (Lipinski definition) is 2. The summed E-state index contributed by atoms with van der Waals surface area (Å²) in [5.41, 5.74) is 1.30. The van der Waals surface area contributed by atoms with Gasteiger partial charge in [-0.25, -0.2) is 4.39 Å². The van der Waals surface area contributed by atoms with Crippen molar-refractivity contribution in [2.24, 2.45) is 4.99 Å². The van der Waals surface area contributed by atoms with E-state index in [2.05, 4.69) is 15.6 Å². The first-order valence-electron chi connectivity index (χ1n) is 7.84. The van der Waals surface area contributed by atoms with Crippen LogP contribution in [0.3, 0.4) is 0 Å². The molecule has 0 atom stereocenters. The summed E-state index contributed by atoms with van der Waals surface area (Å²) < 4.78 is 55.0. The van der Waals surface area contributed by atoms with Crippen molar-refractivity contribution in [3.63, 3.8) is 0 Å². The minimum absolute atomic E-state index is 0.151. The molecule has 0 aliphatic heterocycles. The zero-order valence-corrected chi connectivity index (χ0v) is 14.1. The minimum atomic E-state index is -4.40. The van der Waals surface area contributed by atoms with Crippen molar-refractivity contribution in [3.05, 3.63) is 65.5 Å². The maximum atomic E-state index is 13.2. The number of nitrogens with one attached hydrogen (secondary N) is 2. The Kier molecular flexibility index (Phi) is 6.82. The molecule has 2 rings (SSSR count). The Bertz CT molecular complexity index is 747. The van der Waals surface area contributed by atoms with E-state index in [0.717, 1.165) is 5.56 Å². The highest BCUT2D eigenvalue weighted by atomic mass is 19.4. The van der Waals surface area contributed by atoms with Gasteiger partial charge in [0.1, 0.15) is 11.6 Å². The fourth-order valence-corrected chi connectivity index (χ4v) is 2.18. The van der Waals surface area contributed by atoms with Gasteiger partial charge < -0.3 is 15.4 Å². The van der Waals surface area contributed by atoms with Crippen LogP contribution >= 0.6 is 0 Å². The zero-order chi connectivity index (χ0) is 19.0. The molecule has 0 unspecified atom stereocenters. The van der Waals surface area contributed by atoms with E-state index in [1.807, 2.05) is 0 Å². The molecule has 0 spiro atoms. The summed E-state index contributed by atoms with van der Waals surface area (Å²) in [7, 11) is 1.56. The van der Waals surface area contributed by atoms with E-state index in [-0.39, 0.29) is 18.1 Å². The SMILES string of the molecule is CN=C(NCc1cccc(F)c1)NCc1ccccc1OCC(F)(F)F. The molecule has 0 fully saturated rings. The topological polar surface area (TPSA) is 45.7 Å². The number of alkyl halides is 3. The third-order valence-electron chi connectivity index (χ3n) is 3.38. The maximum absolute atomic E-state index is 13.2. The Morgan fingerprint density at radius 3 is 2.46 bits per heavy atom. The molecule has 4 nitrogen and oxygen atoms in total. The first-order chi connectivity index (χ1) is 12.4. The number of hydrogen-bond acceptors (Lipinski definition) is 2. The van der Waals surface area contributed by atoms with Crippen molar-refractivity contribution >= 4 is 5.96 Å². The van der Waals surface area contributed by atoms with Crippen molar-refractivity contribution in [1.29, 1.82) is 0 Å². The molecular weight excluding hydrogens is 350 g/mol. The van der Waals surface area contributed by atoms with E-state index in [1.54, 1.807) is 37.4 Å². The Morgan fingerprint density at radius 2 is 1.77 bits per heavy atom. The molecule has 8 heteroatoms. The molecule has 2 N–H and O–H groups in total. The lowest BCUT2D eigenvalue weighted by molar-refractivity contribution is -0.153. The van der Waals surface area contributed by atoms with Gasteiger partial charge in [0, 0.05) is 25.7 Å². The number of aliphatic imine (C=N–C) groups is 1. The van der Waals surface area contributed by atoms with Crippen LogP contribution in [0.2, 0.25) is 0 Å². The third-order valence-corrected chi connectivity index (χ3v) is 3.38. The minimum Gasteiger partial charge on any atom is -0.484 e. The highest BCUT2D eigenvalue weighted by molar-refractivity contribution is 5.79. The van der Waals surface area contributed by atoms with Gasteiger partial charge in [0.2, 0.25) is 0 Å². The summed E-state index contributed by atoms with van der Waals surface area (Å²) in [5.74, 6) is 0.251. The molecule has 0 aliphatic carbocycles. The highest BCUT2D eigenvalue weighted by Gasteiger charge is 2.28. The second-order valence-corrected chi connectivity index (χ2v) is 5.42. The number of para-hydroxylation sites is 1. The summed E-state index contributed by atoms with van der Waals surface area (Å²) in [5, 5.41) is 6.00. The summed E-state index contributed by atoms with van der Waals surface area (Å²) in [6.45, 7) is -0.781. The Morgan fingerprint density at radius 1 is 1.04 bits per heavy atom. The van der Waals surface area contributed by atoms with Gasteiger partial charge in [0.05, 0.1) is 0 Å². The largest absolute Gasteiger partial charge is 0.484 e. The Labute approximate surface area is 148 Å². The molecule has 26 heavy (non-hydrogen) atoms. The highest BCUT2D eigenvalue weighted by Crippen LogP contribution is 2.22. The quantitative estimate of drug-likeness (QED) is 0.464. The number of halogens is 4. The second kappa shape index (κ2) is 9.07. The molecule has 140 valence electrons. The van der Waals surface area contributed by atoms with Crippen LogP contribution in [0.15, 0.2) is 53.5 Å². The van der Waals surface area contributed by atoms with Crippen LogP contribution in [-0.4, -0.2) is 25.8 Å². The van der Waals surface area contributed by atoms with Gasteiger partial charge >= 0.3 is 6.18 Å². The lowest BCUT2D eigenvalue weighted by Crippen LogP contribution is -2.36. The number of ether oxygens (including phenoxy) is 1. The van der Waals surface area contributed by atoms with E-state index in [9.17, 15) is 17.6 Å². The van der Waals surface area contributed by atoms with Crippen molar-refractivity contribution < 1.29 is 22.3 Å². The Balaban J connectivity index is 1.92. The van der Waals surface area contributed by atoms with Crippen LogP contribution in [0.5, 0.6) is 5.75 Å². The molecular formula is C18H19F4N3O. The molecule has 2 aromatic rings. The molecule has 0 amide bonds. The average molecular weight is 369 g/mol. The standard InChI is InChI=1S/C18H19F4N3O/c1-23-17(24-10-13-5-4-7-15(19)9-13)25-11-14-6-2-3-8-16(14)26-12-18(20,21)22/h2-9H,10-12H2,1H3,(H2,23,24,25). The molecule has 0 radical (unpaired) electrons. The van der Waals surface area contributed by atoms with Crippen LogP contribution in [0.25, 0.3) is 0 Å². The van der Waals surface area contributed by atoms with Crippen LogP contribution in [0.1, 0.15) is 11.1 Å². The summed E-state index contributed by atoms with van der Waals surface area (Å²) in [4.78, 5) is 4.04. The fraction of sp³-hybridized carbons (Fsp3) is 0.278. The monoisotopic (exact) mass is 369 g/mol. The predicted molar refractivity (Wildman–Crippen MR) is 91.4 cm³/mol. The van der Waals surface area contributed by atoms with Gasteiger partial charge in [-0.1, -0.05) is 30.3 Å². The lowest BCUT2D eigenvalue weighted by atomic mass is 10.2. The predicted octanol–water partition coefficient (Wildman–Crippen LogP) is 3.63. The molecule has 0 bridgehead atoms. The smallest absolute Gasteiger partial charge is 0.422 e. The summed E-state index contributed by atoms with van der Waals surface area (Å²) >= 11 is 0. The molecule has 0 saturated heterocycles. The maximum Gasteiger partial charge on any atom is 0.422 e. The second-order valence-electron chi connectivity index (χ2n) is 5.42. The van der Waals surface area contributed by atoms with E-state index in [1.165, 1.54) is 18.2 Å². The van der Waals surface area contributed by atoms with Gasteiger partial charge in [-0.3, -0.25) is 4.99 Å². The van der Waals surface area contributed by atoms with Crippen molar-refractivity contribution in [2.75, 3.05) is 13.7 Å². The van der Waals surface area contributed by atoms with Crippen molar-refractivity contribution in [1.82, 2.24) is 10.6 Å². The van der Waals surface area contributed by atoms with Crippen molar-refractivity contribution in [2.45, 2.75) is 19.3 Å². The molecule has 2 aromatic carbocycles. The number of benzene rings is 2. The summed E-state index contributed by atoms with van der Waals surface area (Å²) in [6, 6.07) is 12.6. The number of nitrogens with zero attached hydrogens (tertiary/aromatic N) is 1. The van der Waals surface area contributed by atoms with Crippen molar-refractivity contribution in [3.8, 4) is 5.75 Å². The van der Waals surface area contributed by atoms with Gasteiger partial charge in [-0.05, 0) is 23.8 Å². The van der Waals surface area contributed by atoms with E-state index in [0.29, 0.717) is 18.1 Å². The fourth-order valence-electron chi connectivity index (χ4n) is 2.18. The number of rotatable bonds is 6. The van der Waals surface area contributed by atoms with E-state index in [4.69, 9.17) is 4.74 Å². The molecule has 0 saturated carbocycles. The third kappa shape index (κ3) is 6.62. The summed E-state index contributed by atoms with van der Waals surface area (Å²) in [6.07, 6.45) is -4.40. The molecule has 0 heterocycles. The lowest BCUT2D eigenvalue weighted by Gasteiger charge is -2.15. The van der Waals surface area contributed by atoms with Crippen LogP contribution in [0.4, 0.5) is 17.6 Å². The first-order valence-corrected chi connectivity index (χ1v) is 7.84. The molecule has 0 aromatic heterocycles. The van der Waals surface area contributed by atoms with Gasteiger partial charge in [-0.15, -0.1) is 0 Å². The average Bonchev–Trinajstić information content (AvgIpc) is 2.60. The Hall–Kier alpha value is -2.77. The van der Waals surface area contributed by atoms with Crippen LogP contribution in [0, 0.1) is 5.82 Å². The van der Waals surface area contributed by atoms with Gasteiger partial charge in [0.15, 0.2) is 12.6 Å². The van der Waals surface area contributed by atoms with Gasteiger partial charge in [-0.2, -0.15) is 13.2 Å². The zero-order valence-electron chi connectivity index (χ0n) is 14.1. The molecule has 0 aliphatic rings. The van der Waals surface area contributed by atoms with Crippen LogP contribution in [-0.2, 0) is 13.1 Å². The number of guanidine groups is 1. The van der Waals surface area contributed by atoms with E-state index < -0.39 is 12.8 Å².